The molecule has 0 N–H and O–H groups in total. The van der Waals surface area contributed by atoms with Gasteiger partial charge in [0.2, 0.25) is 5.95 Å². The molecule has 0 aliphatic carbocycles. The van der Waals surface area contributed by atoms with E-state index in [1.54, 1.807) is 0 Å². The van der Waals surface area contributed by atoms with E-state index < -0.39 is 0 Å². The van der Waals surface area contributed by atoms with E-state index in [0.717, 1.165) is 55.2 Å². The van der Waals surface area contributed by atoms with Crippen molar-refractivity contribution in [1.82, 2.24) is 24.1 Å². The van der Waals surface area contributed by atoms with Crippen LogP contribution in [0.4, 0.5) is 0 Å². The summed E-state index contributed by atoms with van der Waals surface area (Å²) in [4.78, 5) is 15.9. The summed E-state index contributed by atoms with van der Waals surface area (Å²) in [6, 6.07) is 51.4. The predicted octanol–water partition coefficient (Wildman–Crippen LogP) is 2.36. The molecular formula is C45H34B5N5. The molecule has 0 amide bonds. The first-order valence-electron chi connectivity index (χ1n) is 18.9. The van der Waals surface area contributed by atoms with Crippen molar-refractivity contribution in [3.8, 4) is 45.5 Å². The Balaban J connectivity index is 1.31. The van der Waals surface area contributed by atoms with Crippen molar-refractivity contribution in [3.63, 3.8) is 0 Å². The van der Waals surface area contributed by atoms with Gasteiger partial charge in [0.1, 0.15) is 39.2 Å². The van der Waals surface area contributed by atoms with E-state index in [1.165, 1.54) is 43.6 Å². The van der Waals surface area contributed by atoms with E-state index in [-0.39, 0.29) is 0 Å². The van der Waals surface area contributed by atoms with E-state index in [2.05, 4.69) is 176 Å². The number of hydrogen-bond acceptors (Lipinski definition) is 3. The largest absolute Gasteiger partial charge is 0.307 e. The first-order valence-corrected chi connectivity index (χ1v) is 18.9. The number of fused-ring (bicyclic) bond motifs is 7. The van der Waals surface area contributed by atoms with E-state index >= 15 is 0 Å². The summed E-state index contributed by atoms with van der Waals surface area (Å²) < 4.78 is 4.65. The van der Waals surface area contributed by atoms with Crippen LogP contribution in [-0.4, -0.2) is 63.3 Å². The molecule has 0 bridgehead atoms. The standard InChI is InChI=1S/C45H34B5N5/c46-36-35(37(47)39(49)40(50)38(36)48)26-14-11-15-27(24-26)44-51-43(25-12-3-1-4-13-25)52-45(53-44)55-34-21-10-8-19-30(34)32-23-22-31-29-18-7-9-20-33(29)54(41(31)42(32)55)28-16-5-2-6-17-28/h1-24H,46-50H2. The molecule has 0 fully saturated rings. The van der Waals surface area contributed by atoms with Crippen molar-refractivity contribution >= 4 is 110 Å². The maximum absolute atomic E-state index is 5.40. The van der Waals surface area contributed by atoms with E-state index in [4.69, 9.17) is 15.0 Å². The number of para-hydroxylation sites is 3. The molecule has 0 aliphatic heterocycles. The molecule has 254 valence electrons. The Bertz CT molecular complexity index is 3130. The first kappa shape index (κ1) is 33.1. The minimum Gasteiger partial charge on any atom is -0.307 e. The quantitative estimate of drug-likeness (QED) is 0.260. The fourth-order valence-corrected chi connectivity index (χ4v) is 8.61. The molecule has 0 saturated carbocycles. The maximum atomic E-state index is 5.40. The number of rotatable bonds is 5. The predicted molar refractivity (Wildman–Crippen MR) is 246 cm³/mol. The van der Waals surface area contributed by atoms with Gasteiger partial charge in [-0.1, -0.05) is 126 Å². The Labute approximate surface area is 324 Å². The van der Waals surface area contributed by atoms with Crippen molar-refractivity contribution in [2.75, 3.05) is 0 Å². The summed E-state index contributed by atoms with van der Waals surface area (Å²) in [6.45, 7) is 0. The zero-order valence-electron chi connectivity index (χ0n) is 31.6. The summed E-state index contributed by atoms with van der Waals surface area (Å²) in [5.74, 6) is 1.83. The molecule has 10 heteroatoms. The molecule has 7 aromatic carbocycles. The first-order chi connectivity index (χ1) is 26.9. The Morgan fingerprint density at radius 3 is 1.47 bits per heavy atom. The number of benzene rings is 7. The van der Waals surface area contributed by atoms with Gasteiger partial charge < -0.3 is 4.57 Å². The molecule has 0 radical (unpaired) electrons. The Morgan fingerprint density at radius 1 is 0.364 bits per heavy atom. The third-order valence-electron chi connectivity index (χ3n) is 11.7. The van der Waals surface area contributed by atoms with Crippen LogP contribution < -0.4 is 27.3 Å². The SMILES string of the molecule is Bc1c(B)c(B)c(-c2cccc(-c3nc(-c4ccccc4)nc(-n4c5ccccc5c5ccc6c7ccccc7n(-c7ccccc7)c6c54)n3)c2)c(B)c1B. The van der Waals surface area contributed by atoms with Gasteiger partial charge in [-0.15, -0.1) is 16.4 Å². The summed E-state index contributed by atoms with van der Waals surface area (Å²) in [7, 11) is 11.2. The Morgan fingerprint density at radius 2 is 0.836 bits per heavy atom. The minimum atomic E-state index is 0.576. The van der Waals surface area contributed by atoms with Gasteiger partial charge in [-0.3, -0.25) is 4.57 Å². The average Bonchev–Trinajstić information content (AvgIpc) is 3.76. The van der Waals surface area contributed by atoms with Crippen molar-refractivity contribution in [2.45, 2.75) is 0 Å². The van der Waals surface area contributed by atoms with Crippen molar-refractivity contribution in [2.24, 2.45) is 0 Å². The normalized spacial score (nSPS) is 11.6. The monoisotopic (exact) mass is 699 g/mol. The second-order valence-corrected chi connectivity index (χ2v) is 14.6. The Hall–Kier alpha value is -6.53. The molecule has 3 aromatic heterocycles. The second kappa shape index (κ2) is 12.8. The van der Waals surface area contributed by atoms with Gasteiger partial charge in [-0.25, -0.2) is 4.98 Å². The highest BCUT2D eigenvalue weighted by Gasteiger charge is 2.23. The summed E-state index contributed by atoms with van der Waals surface area (Å²) in [5, 5.41) is 4.66. The lowest BCUT2D eigenvalue weighted by Gasteiger charge is -2.20. The van der Waals surface area contributed by atoms with Crippen LogP contribution in [-0.2, 0) is 0 Å². The molecule has 3 heterocycles. The lowest BCUT2D eigenvalue weighted by Crippen LogP contribution is -2.55. The molecule has 5 nitrogen and oxygen atoms in total. The second-order valence-electron chi connectivity index (χ2n) is 14.6. The minimum absolute atomic E-state index is 0.576. The van der Waals surface area contributed by atoms with Crippen LogP contribution in [0.1, 0.15) is 0 Å². The number of aromatic nitrogens is 5. The van der Waals surface area contributed by atoms with Crippen LogP contribution in [0.3, 0.4) is 0 Å². The molecule has 0 spiro atoms. The smallest absolute Gasteiger partial charge is 0.238 e. The highest BCUT2D eigenvalue weighted by Crippen LogP contribution is 2.41. The highest BCUT2D eigenvalue weighted by molar-refractivity contribution is 6.68. The van der Waals surface area contributed by atoms with Crippen molar-refractivity contribution < 1.29 is 0 Å². The highest BCUT2D eigenvalue weighted by atomic mass is 15.2. The van der Waals surface area contributed by atoms with Crippen molar-refractivity contribution in [1.29, 1.82) is 0 Å². The molecule has 55 heavy (non-hydrogen) atoms. The van der Waals surface area contributed by atoms with Crippen molar-refractivity contribution in [3.05, 3.63) is 146 Å². The Kier molecular flexibility index (Phi) is 7.70. The summed E-state index contributed by atoms with van der Waals surface area (Å²) in [5.41, 5.74) is 16.4. The molecule has 0 aliphatic rings. The molecular weight excluding hydrogens is 665 g/mol. The van der Waals surface area contributed by atoms with Gasteiger partial charge in [0.15, 0.2) is 11.6 Å². The van der Waals surface area contributed by atoms with Crippen LogP contribution in [0.2, 0.25) is 0 Å². The van der Waals surface area contributed by atoms with Gasteiger partial charge in [0, 0.05) is 38.4 Å². The molecule has 0 saturated heterocycles. The fraction of sp³-hybridized carbons (Fsp3) is 0. The maximum Gasteiger partial charge on any atom is 0.238 e. The zero-order chi connectivity index (χ0) is 37.4. The lowest BCUT2D eigenvalue weighted by atomic mass is 9.59. The van der Waals surface area contributed by atoms with E-state index in [9.17, 15) is 0 Å². The van der Waals surface area contributed by atoms with Gasteiger partial charge in [-0.2, -0.15) is 9.97 Å². The van der Waals surface area contributed by atoms with Gasteiger partial charge in [0.05, 0.1) is 22.1 Å². The number of nitrogens with zero attached hydrogens (tertiary/aromatic N) is 5. The third-order valence-corrected chi connectivity index (χ3v) is 11.7. The fourth-order valence-electron chi connectivity index (χ4n) is 8.61. The van der Waals surface area contributed by atoms with Gasteiger partial charge in [-0.05, 0) is 41.5 Å². The number of hydrogen-bond donors (Lipinski definition) is 0. The van der Waals surface area contributed by atoms with Crippen LogP contribution >= 0.6 is 0 Å². The van der Waals surface area contributed by atoms with Crippen LogP contribution in [0, 0.1) is 0 Å². The summed E-state index contributed by atoms with van der Waals surface area (Å²) >= 11 is 0. The lowest BCUT2D eigenvalue weighted by molar-refractivity contribution is 0.953. The van der Waals surface area contributed by atoms with Gasteiger partial charge >= 0.3 is 0 Å². The van der Waals surface area contributed by atoms with Crippen LogP contribution in [0.25, 0.3) is 89.2 Å². The van der Waals surface area contributed by atoms with Crippen LogP contribution in [0.15, 0.2) is 146 Å². The molecule has 10 rings (SSSR count). The van der Waals surface area contributed by atoms with E-state index in [1.807, 2.05) is 18.2 Å². The van der Waals surface area contributed by atoms with Crippen LogP contribution in [0.5, 0.6) is 0 Å². The third kappa shape index (κ3) is 5.12. The molecule has 0 unspecified atom stereocenters. The molecule has 10 aromatic rings. The van der Waals surface area contributed by atoms with E-state index in [0.29, 0.717) is 17.6 Å². The zero-order valence-corrected chi connectivity index (χ0v) is 31.6. The average molecular weight is 699 g/mol. The topological polar surface area (TPSA) is 48.5 Å². The summed E-state index contributed by atoms with van der Waals surface area (Å²) in [6.07, 6.45) is 0. The molecule has 0 atom stereocenters. The van der Waals surface area contributed by atoms with Gasteiger partial charge in [0.25, 0.3) is 0 Å².